The van der Waals surface area contributed by atoms with Crippen LogP contribution in [0.2, 0.25) is 0 Å². The molecule has 0 aliphatic carbocycles. The Bertz CT molecular complexity index is 984. The summed E-state index contributed by atoms with van der Waals surface area (Å²) in [5.74, 6) is 0.376. The van der Waals surface area contributed by atoms with Gasteiger partial charge >= 0.3 is 6.09 Å². The third kappa shape index (κ3) is 4.30. The molecule has 0 radical (unpaired) electrons. The Balaban J connectivity index is 1.83. The number of nitrogens with one attached hydrogen (secondary N) is 1. The lowest BCUT2D eigenvalue weighted by molar-refractivity contribution is 0.0520. The van der Waals surface area contributed by atoms with Gasteiger partial charge in [0.1, 0.15) is 16.9 Å². The van der Waals surface area contributed by atoms with Crippen LogP contribution in [-0.4, -0.2) is 11.7 Å². The summed E-state index contributed by atoms with van der Waals surface area (Å²) in [4.78, 5) is 24.2. The summed E-state index contributed by atoms with van der Waals surface area (Å²) in [5.41, 5.74) is 1.74. The lowest BCUT2D eigenvalue weighted by atomic mass is 10.0. The van der Waals surface area contributed by atoms with Crippen LogP contribution in [0, 0.1) is 0 Å². The molecule has 1 N–H and O–H groups in total. The van der Waals surface area contributed by atoms with Crippen LogP contribution in [0.1, 0.15) is 26.5 Å². The first kappa shape index (κ1) is 17.7. The van der Waals surface area contributed by atoms with Crippen LogP contribution in [-0.2, 0) is 11.3 Å². The molecule has 3 aromatic rings. The molecule has 0 atom stereocenters. The van der Waals surface area contributed by atoms with Crippen LogP contribution in [0.15, 0.2) is 63.8 Å². The van der Waals surface area contributed by atoms with Crippen molar-refractivity contribution in [3.63, 3.8) is 0 Å². The SMILES string of the molecule is CC(C)(C)OC(=O)NCc1cc(=O)c2cc(-c3ccccc3)ccc2o1. The molecule has 26 heavy (non-hydrogen) atoms. The number of ether oxygens (including phenoxy) is 1. The molecule has 1 heterocycles. The van der Waals surface area contributed by atoms with E-state index in [1.165, 1.54) is 6.07 Å². The zero-order chi connectivity index (χ0) is 18.7. The van der Waals surface area contributed by atoms with Gasteiger partial charge in [0, 0.05) is 6.07 Å². The lowest BCUT2D eigenvalue weighted by Gasteiger charge is -2.19. The van der Waals surface area contributed by atoms with Crippen molar-refractivity contribution >= 4 is 17.1 Å². The van der Waals surface area contributed by atoms with E-state index in [-0.39, 0.29) is 12.0 Å². The van der Waals surface area contributed by atoms with Crippen molar-refractivity contribution in [1.29, 1.82) is 0 Å². The van der Waals surface area contributed by atoms with E-state index in [9.17, 15) is 9.59 Å². The normalized spacial score (nSPS) is 11.3. The van der Waals surface area contributed by atoms with Gasteiger partial charge in [0.2, 0.25) is 0 Å². The smallest absolute Gasteiger partial charge is 0.408 e. The summed E-state index contributed by atoms with van der Waals surface area (Å²) in [6, 6.07) is 16.7. The molecular formula is C21H21NO4. The maximum Gasteiger partial charge on any atom is 0.408 e. The number of hydrogen-bond acceptors (Lipinski definition) is 4. The Labute approximate surface area is 151 Å². The molecule has 5 nitrogen and oxygen atoms in total. The third-order valence-corrected chi connectivity index (χ3v) is 3.69. The first-order valence-corrected chi connectivity index (χ1v) is 8.41. The van der Waals surface area contributed by atoms with Crippen molar-refractivity contribution in [2.45, 2.75) is 32.9 Å². The molecule has 0 unspecified atom stereocenters. The second-order valence-electron chi connectivity index (χ2n) is 7.01. The summed E-state index contributed by atoms with van der Waals surface area (Å²) in [6.07, 6.45) is -0.556. The van der Waals surface area contributed by atoms with E-state index in [0.29, 0.717) is 16.7 Å². The third-order valence-electron chi connectivity index (χ3n) is 3.69. The fraction of sp³-hybridized carbons (Fsp3) is 0.238. The lowest BCUT2D eigenvalue weighted by Crippen LogP contribution is -2.32. The van der Waals surface area contributed by atoms with Gasteiger partial charge in [0.15, 0.2) is 5.43 Å². The van der Waals surface area contributed by atoms with E-state index in [4.69, 9.17) is 9.15 Å². The fourth-order valence-electron chi connectivity index (χ4n) is 2.58. The second kappa shape index (κ2) is 7.04. The monoisotopic (exact) mass is 351 g/mol. The number of hydrogen-bond donors (Lipinski definition) is 1. The van der Waals surface area contributed by atoms with Crippen molar-refractivity contribution in [3.8, 4) is 11.1 Å². The molecule has 1 aromatic heterocycles. The molecule has 2 aromatic carbocycles. The Morgan fingerprint density at radius 3 is 2.46 bits per heavy atom. The van der Waals surface area contributed by atoms with E-state index >= 15 is 0 Å². The Hall–Kier alpha value is -3.08. The molecule has 0 spiro atoms. The van der Waals surface area contributed by atoms with Crippen LogP contribution in [0.25, 0.3) is 22.1 Å². The van der Waals surface area contributed by atoms with Gasteiger partial charge in [-0.2, -0.15) is 0 Å². The van der Waals surface area contributed by atoms with Crippen LogP contribution in [0.5, 0.6) is 0 Å². The molecule has 0 aliphatic heterocycles. The average Bonchev–Trinajstić information content (AvgIpc) is 2.59. The van der Waals surface area contributed by atoms with E-state index in [1.807, 2.05) is 42.5 Å². The topological polar surface area (TPSA) is 68.5 Å². The van der Waals surface area contributed by atoms with E-state index in [1.54, 1.807) is 26.8 Å². The minimum Gasteiger partial charge on any atom is -0.459 e. The maximum atomic E-state index is 12.5. The molecule has 0 saturated carbocycles. The number of alkyl carbamates (subject to hydrolysis) is 1. The van der Waals surface area contributed by atoms with Gasteiger partial charge in [-0.15, -0.1) is 0 Å². The van der Waals surface area contributed by atoms with Crippen molar-refractivity contribution in [1.82, 2.24) is 5.32 Å². The molecule has 3 rings (SSSR count). The zero-order valence-electron chi connectivity index (χ0n) is 15.0. The largest absolute Gasteiger partial charge is 0.459 e. The van der Waals surface area contributed by atoms with Gasteiger partial charge in [-0.1, -0.05) is 36.4 Å². The van der Waals surface area contributed by atoms with Crippen LogP contribution in [0.4, 0.5) is 4.79 Å². The van der Waals surface area contributed by atoms with Crippen molar-refractivity contribution < 1.29 is 13.9 Å². The average molecular weight is 351 g/mol. The van der Waals surface area contributed by atoms with Gasteiger partial charge in [0.05, 0.1) is 11.9 Å². The van der Waals surface area contributed by atoms with Crippen LogP contribution >= 0.6 is 0 Å². The highest BCUT2D eigenvalue weighted by molar-refractivity contribution is 5.83. The van der Waals surface area contributed by atoms with E-state index in [2.05, 4.69) is 5.32 Å². The van der Waals surface area contributed by atoms with E-state index in [0.717, 1.165) is 11.1 Å². The molecule has 0 aliphatic rings. The first-order valence-electron chi connectivity index (χ1n) is 8.41. The highest BCUT2D eigenvalue weighted by atomic mass is 16.6. The summed E-state index contributed by atoms with van der Waals surface area (Å²) >= 11 is 0. The Morgan fingerprint density at radius 1 is 1.04 bits per heavy atom. The highest BCUT2D eigenvalue weighted by Crippen LogP contribution is 2.23. The number of amides is 1. The predicted octanol–water partition coefficient (Wildman–Crippen LogP) is 4.48. The van der Waals surface area contributed by atoms with Gasteiger partial charge in [-0.3, -0.25) is 4.79 Å². The maximum absolute atomic E-state index is 12.5. The zero-order valence-corrected chi connectivity index (χ0v) is 15.0. The molecule has 134 valence electrons. The number of carbonyl (C=O) groups is 1. The predicted molar refractivity (Wildman–Crippen MR) is 101 cm³/mol. The summed E-state index contributed by atoms with van der Waals surface area (Å²) in [5, 5.41) is 3.10. The first-order chi connectivity index (χ1) is 12.3. The number of carbonyl (C=O) groups excluding carboxylic acids is 1. The summed E-state index contributed by atoms with van der Waals surface area (Å²) < 4.78 is 10.9. The molecule has 0 bridgehead atoms. The minimum absolute atomic E-state index is 0.0839. The van der Waals surface area contributed by atoms with Crippen LogP contribution in [0.3, 0.4) is 0 Å². The molecule has 0 fully saturated rings. The fourth-order valence-corrected chi connectivity index (χ4v) is 2.58. The summed E-state index contributed by atoms with van der Waals surface area (Å²) in [6.45, 7) is 5.44. The number of fused-ring (bicyclic) bond motifs is 1. The molecule has 1 amide bonds. The van der Waals surface area contributed by atoms with Crippen molar-refractivity contribution in [2.24, 2.45) is 0 Å². The highest BCUT2D eigenvalue weighted by Gasteiger charge is 2.16. The minimum atomic E-state index is -0.581. The Morgan fingerprint density at radius 2 is 1.77 bits per heavy atom. The second-order valence-corrected chi connectivity index (χ2v) is 7.01. The number of rotatable bonds is 3. The number of benzene rings is 2. The van der Waals surface area contributed by atoms with Gasteiger partial charge in [0.25, 0.3) is 0 Å². The van der Waals surface area contributed by atoms with Crippen molar-refractivity contribution in [3.05, 3.63) is 70.6 Å². The Kier molecular flexibility index (Phi) is 4.80. The summed E-state index contributed by atoms with van der Waals surface area (Å²) in [7, 11) is 0. The molecular weight excluding hydrogens is 330 g/mol. The molecule has 0 saturated heterocycles. The van der Waals surface area contributed by atoms with Crippen molar-refractivity contribution in [2.75, 3.05) is 0 Å². The standard InChI is InChI=1S/C21H21NO4/c1-21(2,3)26-20(24)22-13-16-12-18(23)17-11-15(9-10-19(17)25-16)14-7-5-4-6-8-14/h4-12H,13H2,1-3H3,(H,22,24). The van der Waals surface area contributed by atoms with Gasteiger partial charge in [-0.25, -0.2) is 4.79 Å². The quantitative estimate of drug-likeness (QED) is 0.755. The van der Waals surface area contributed by atoms with E-state index < -0.39 is 11.7 Å². The molecule has 5 heteroatoms. The van der Waals surface area contributed by atoms with Crippen LogP contribution < -0.4 is 10.7 Å². The van der Waals surface area contributed by atoms with Gasteiger partial charge in [-0.05, 0) is 44.0 Å². The van der Waals surface area contributed by atoms with Gasteiger partial charge < -0.3 is 14.5 Å².